The van der Waals surface area contributed by atoms with Crippen molar-refractivity contribution in [3.05, 3.63) is 28.2 Å². The number of hydrogen-bond acceptors (Lipinski definition) is 2. The summed E-state index contributed by atoms with van der Waals surface area (Å²) >= 11 is 11.8. The number of halogens is 2. The summed E-state index contributed by atoms with van der Waals surface area (Å²) in [6.07, 6.45) is 2.19. The molecule has 0 aliphatic rings. The van der Waals surface area contributed by atoms with E-state index in [1.807, 2.05) is 6.92 Å². The van der Waals surface area contributed by atoms with Crippen molar-refractivity contribution in [3.8, 4) is 0 Å². The lowest BCUT2D eigenvalue weighted by atomic mass is 10.2. The minimum Gasteiger partial charge on any atom is -0.347 e. The number of anilines is 1. The molecular weight excluding hydrogens is 287 g/mol. The van der Waals surface area contributed by atoms with Crippen LogP contribution in [-0.2, 0) is 9.59 Å². The van der Waals surface area contributed by atoms with Crippen molar-refractivity contribution in [1.82, 2.24) is 5.32 Å². The largest absolute Gasteiger partial charge is 0.347 e. The second-order valence-electron chi connectivity index (χ2n) is 4.03. The van der Waals surface area contributed by atoms with E-state index in [0.717, 1.165) is 12.8 Å². The third kappa shape index (κ3) is 5.49. The number of hydrogen-bond donors (Lipinski definition) is 2. The van der Waals surface area contributed by atoms with Crippen LogP contribution in [0, 0.1) is 0 Å². The Morgan fingerprint density at radius 2 is 1.95 bits per heavy atom. The van der Waals surface area contributed by atoms with Crippen molar-refractivity contribution in [3.63, 3.8) is 0 Å². The molecule has 1 aromatic rings. The van der Waals surface area contributed by atoms with Crippen molar-refractivity contribution in [1.29, 1.82) is 0 Å². The highest BCUT2D eigenvalue weighted by Crippen LogP contribution is 2.29. The molecule has 0 aliphatic heterocycles. The zero-order valence-corrected chi connectivity index (χ0v) is 12.1. The van der Waals surface area contributed by atoms with Gasteiger partial charge in [0.1, 0.15) is 0 Å². The Labute approximate surface area is 122 Å². The third-order valence-electron chi connectivity index (χ3n) is 2.43. The highest BCUT2D eigenvalue weighted by Gasteiger charge is 2.09. The predicted molar refractivity (Wildman–Crippen MR) is 77.6 cm³/mol. The second-order valence-corrected chi connectivity index (χ2v) is 4.82. The molecule has 0 spiro atoms. The Morgan fingerprint density at radius 1 is 1.21 bits per heavy atom. The van der Waals surface area contributed by atoms with E-state index in [-0.39, 0.29) is 23.4 Å². The highest BCUT2D eigenvalue weighted by molar-refractivity contribution is 6.44. The van der Waals surface area contributed by atoms with Crippen molar-refractivity contribution in [2.45, 2.75) is 26.2 Å². The van der Waals surface area contributed by atoms with Crippen LogP contribution in [0.4, 0.5) is 5.69 Å². The van der Waals surface area contributed by atoms with E-state index in [9.17, 15) is 9.59 Å². The first kappa shape index (κ1) is 15.8. The number of nitrogens with one attached hydrogen (secondary N) is 2. The Hall–Kier alpha value is -1.26. The average molecular weight is 303 g/mol. The topological polar surface area (TPSA) is 58.2 Å². The van der Waals surface area contributed by atoms with Gasteiger partial charge in [0.15, 0.2) is 0 Å². The highest BCUT2D eigenvalue weighted by atomic mass is 35.5. The number of carbonyl (C=O) groups is 2. The first-order chi connectivity index (χ1) is 9.04. The Balaban J connectivity index is 2.43. The molecule has 2 N–H and O–H groups in total. The molecule has 0 radical (unpaired) electrons. The maximum atomic E-state index is 11.6. The standard InChI is InChI=1S/C13H16Cl2N2O2/c1-2-3-7-11(18)16-8-12(19)17-10-6-4-5-9(14)13(10)15/h4-6H,2-3,7-8H2,1H3,(H,16,18)(H,17,19). The summed E-state index contributed by atoms with van der Waals surface area (Å²) in [6.45, 7) is 1.92. The number of carbonyl (C=O) groups excluding carboxylic acids is 2. The predicted octanol–water partition coefficient (Wildman–Crippen LogP) is 3.24. The van der Waals surface area contributed by atoms with Crippen molar-refractivity contribution in [2.75, 3.05) is 11.9 Å². The number of rotatable bonds is 6. The lowest BCUT2D eigenvalue weighted by Crippen LogP contribution is -2.32. The molecular formula is C13H16Cl2N2O2. The molecule has 0 fully saturated rings. The van der Waals surface area contributed by atoms with Crippen LogP contribution in [0.3, 0.4) is 0 Å². The number of benzene rings is 1. The minimum atomic E-state index is -0.339. The summed E-state index contributed by atoms with van der Waals surface area (Å²) in [5.41, 5.74) is 0.432. The Bertz CT molecular complexity index is 464. The third-order valence-corrected chi connectivity index (χ3v) is 3.25. The molecule has 0 aliphatic carbocycles. The molecule has 1 rings (SSSR count). The van der Waals surface area contributed by atoms with Crippen molar-refractivity contribution >= 4 is 40.7 Å². The van der Waals surface area contributed by atoms with Gasteiger partial charge in [-0.25, -0.2) is 0 Å². The Kier molecular flexibility index (Phi) is 6.67. The Morgan fingerprint density at radius 3 is 2.63 bits per heavy atom. The molecule has 4 nitrogen and oxygen atoms in total. The summed E-state index contributed by atoms with van der Waals surface area (Å²) in [5.74, 6) is -0.469. The van der Waals surface area contributed by atoms with Crippen molar-refractivity contribution in [2.24, 2.45) is 0 Å². The molecule has 0 heterocycles. The van der Waals surface area contributed by atoms with E-state index in [1.54, 1.807) is 18.2 Å². The lowest BCUT2D eigenvalue weighted by Gasteiger charge is -2.09. The normalized spacial score (nSPS) is 10.1. The molecule has 0 saturated carbocycles. The van der Waals surface area contributed by atoms with Gasteiger partial charge in [-0.15, -0.1) is 0 Å². The van der Waals surface area contributed by atoms with Crippen LogP contribution in [0.2, 0.25) is 10.0 Å². The molecule has 0 atom stereocenters. The van der Waals surface area contributed by atoms with Crippen LogP contribution < -0.4 is 10.6 Å². The minimum absolute atomic E-state index is 0.0780. The maximum absolute atomic E-state index is 11.6. The van der Waals surface area contributed by atoms with Crippen LogP contribution in [-0.4, -0.2) is 18.4 Å². The van der Waals surface area contributed by atoms with E-state index in [1.165, 1.54) is 0 Å². The fourth-order valence-electron chi connectivity index (χ4n) is 1.40. The van der Waals surface area contributed by atoms with E-state index < -0.39 is 0 Å². The molecule has 0 saturated heterocycles. The first-order valence-corrected chi connectivity index (χ1v) is 6.80. The van der Waals surface area contributed by atoms with Crippen LogP contribution in [0.15, 0.2) is 18.2 Å². The summed E-state index contributed by atoms with van der Waals surface area (Å²) in [6, 6.07) is 4.96. The fourth-order valence-corrected chi connectivity index (χ4v) is 1.75. The molecule has 0 bridgehead atoms. The van der Waals surface area contributed by atoms with Crippen LogP contribution >= 0.6 is 23.2 Å². The first-order valence-electron chi connectivity index (χ1n) is 6.05. The van der Waals surface area contributed by atoms with Gasteiger partial charge in [0.2, 0.25) is 11.8 Å². The van der Waals surface area contributed by atoms with Crippen LogP contribution in [0.5, 0.6) is 0 Å². The summed E-state index contributed by atoms with van der Waals surface area (Å²) < 4.78 is 0. The molecule has 0 unspecified atom stereocenters. The number of amides is 2. The van der Waals surface area contributed by atoms with Gasteiger partial charge < -0.3 is 10.6 Å². The summed E-state index contributed by atoms with van der Waals surface area (Å²) in [5, 5.41) is 5.79. The molecule has 1 aromatic carbocycles. The van der Waals surface area contributed by atoms with E-state index >= 15 is 0 Å². The molecule has 104 valence electrons. The van der Waals surface area contributed by atoms with Crippen molar-refractivity contribution < 1.29 is 9.59 Å². The lowest BCUT2D eigenvalue weighted by molar-refractivity contribution is -0.124. The van der Waals surface area contributed by atoms with Gasteiger partial charge in [-0.3, -0.25) is 9.59 Å². The van der Waals surface area contributed by atoms with E-state index in [4.69, 9.17) is 23.2 Å². The van der Waals surface area contributed by atoms with Crippen LogP contribution in [0.1, 0.15) is 26.2 Å². The van der Waals surface area contributed by atoms with Gasteiger partial charge >= 0.3 is 0 Å². The smallest absolute Gasteiger partial charge is 0.243 e. The summed E-state index contributed by atoms with van der Waals surface area (Å²) in [4.78, 5) is 23.0. The molecule has 6 heteroatoms. The van der Waals surface area contributed by atoms with Gasteiger partial charge in [-0.05, 0) is 18.6 Å². The SMILES string of the molecule is CCCCC(=O)NCC(=O)Nc1cccc(Cl)c1Cl. The quantitative estimate of drug-likeness (QED) is 0.847. The summed E-state index contributed by atoms with van der Waals surface area (Å²) in [7, 11) is 0. The monoisotopic (exact) mass is 302 g/mol. The van der Waals surface area contributed by atoms with E-state index in [0.29, 0.717) is 17.1 Å². The van der Waals surface area contributed by atoms with Gasteiger partial charge in [0.05, 0.1) is 22.3 Å². The fraction of sp³-hybridized carbons (Fsp3) is 0.385. The van der Waals surface area contributed by atoms with Crippen LogP contribution in [0.25, 0.3) is 0 Å². The molecule has 0 aromatic heterocycles. The van der Waals surface area contributed by atoms with Gasteiger partial charge in [0.25, 0.3) is 0 Å². The van der Waals surface area contributed by atoms with Gasteiger partial charge in [-0.2, -0.15) is 0 Å². The molecule has 19 heavy (non-hydrogen) atoms. The zero-order chi connectivity index (χ0) is 14.3. The van der Waals surface area contributed by atoms with E-state index in [2.05, 4.69) is 10.6 Å². The average Bonchev–Trinajstić information content (AvgIpc) is 2.39. The van der Waals surface area contributed by atoms with Gasteiger partial charge in [0, 0.05) is 6.42 Å². The number of unbranched alkanes of at least 4 members (excludes halogenated alkanes) is 1. The second kappa shape index (κ2) is 8.02. The van der Waals surface area contributed by atoms with Gasteiger partial charge in [-0.1, -0.05) is 42.6 Å². The zero-order valence-electron chi connectivity index (χ0n) is 10.6. The maximum Gasteiger partial charge on any atom is 0.243 e. The molecule has 2 amide bonds.